The van der Waals surface area contributed by atoms with E-state index in [4.69, 9.17) is 9.47 Å². The van der Waals surface area contributed by atoms with E-state index in [9.17, 15) is 4.79 Å². The average molecular weight is 432 g/mol. The molecule has 3 aromatic rings. The summed E-state index contributed by atoms with van der Waals surface area (Å²) in [7, 11) is 0. The van der Waals surface area contributed by atoms with Crippen LogP contribution >= 0.6 is 0 Å². The van der Waals surface area contributed by atoms with E-state index < -0.39 is 0 Å². The zero-order chi connectivity index (χ0) is 23.1. The first-order valence-corrected chi connectivity index (χ1v) is 11.3. The van der Waals surface area contributed by atoms with Crippen LogP contribution in [0.4, 0.5) is 5.69 Å². The molecule has 0 aliphatic carbocycles. The van der Waals surface area contributed by atoms with Gasteiger partial charge in [0.25, 0.3) is 5.91 Å². The van der Waals surface area contributed by atoms with Crippen molar-refractivity contribution in [3.05, 3.63) is 88.5 Å². The minimum atomic E-state index is -0.138. The van der Waals surface area contributed by atoms with Gasteiger partial charge in [0.2, 0.25) is 0 Å². The van der Waals surface area contributed by atoms with Crippen LogP contribution in [0.3, 0.4) is 0 Å². The third-order valence-electron chi connectivity index (χ3n) is 5.53. The van der Waals surface area contributed by atoms with Crippen LogP contribution in [0.5, 0.6) is 11.5 Å². The smallest absolute Gasteiger partial charge is 0.255 e. The van der Waals surface area contributed by atoms with E-state index in [1.165, 1.54) is 0 Å². The molecule has 4 nitrogen and oxygen atoms in total. The van der Waals surface area contributed by atoms with Crippen molar-refractivity contribution < 1.29 is 14.3 Å². The molecule has 0 aliphatic rings. The number of hydrogen-bond donors (Lipinski definition) is 1. The van der Waals surface area contributed by atoms with E-state index in [-0.39, 0.29) is 5.91 Å². The van der Waals surface area contributed by atoms with Crippen LogP contribution in [0.15, 0.2) is 60.7 Å². The molecule has 1 N–H and O–H groups in total. The van der Waals surface area contributed by atoms with Crippen molar-refractivity contribution >= 4 is 11.6 Å². The first-order chi connectivity index (χ1) is 15.4. The summed E-state index contributed by atoms with van der Waals surface area (Å²) in [6, 6.07) is 19.7. The molecule has 0 aromatic heterocycles. The van der Waals surface area contributed by atoms with Crippen molar-refractivity contribution in [3.8, 4) is 11.5 Å². The van der Waals surface area contributed by atoms with Crippen LogP contribution < -0.4 is 14.8 Å². The van der Waals surface area contributed by atoms with Crippen molar-refractivity contribution in [3.63, 3.8) is 0 Å². The Kier molecular flexibility index (Phi) is 7.93. The normalized spacial score (nSPS) is 10.8. The van der Waals surface area contributed by atoms with Gasteiger partial charge in [-0.15, -0.1) is 0 Å². The van der Waals surface area contributed by atoms with Crippen molar-refractivity contribution in [2.24, 2.45) is 0 Å². The summed E-state index contributed by atoms with van der Waals surface area (Å²) in [6.45, 7) is 11.2. The van der Waals surface area contributed by atoms with Crippen LogP contribution in [0.2, 0.25) is 0 Å². The molecule has 4 heteroatoms. The van der Waals surface area contributed by atoms with Gasteiger partial charge in [0.05, 0.1) is 6.61 Å². The highest BCUT2D eigenvalue weighted by atomic mass is 16.5. The van der Waals surface area contributed by atoms with Crippen molar-refractivity contribution in [1.29, 1.82) is 0 Å². The van der Waals surface area contributed by atoms with Crippen LogP contribution in [0.1, 0.15) is 66.2 Å². The second kappa shape index (κ2) is 10.9. The van der Waals surface area contributed by atoms with Gasteiger partial charge in [-0.3, -0.25) is 4.79 Å². The van der Waals surface area contributed by atoms with Crippen LogP contribution in [-0.4, -0.2) is 12.5 Å². The van der Waals surface area contributed by atoms with Crippen molar-refractivity contribution in [2.75, 3.05) is 11.9 Å². The number of ether oxygens (including phenoxy) is 2. The molecule has 0 aliphatic heterocycles. The molecule has 0 radical (unpaired) electrons. The Morgan fingerprint density at radius 1 is 0.906 bits per heavy atom. The summed E-state index contributed by atoms with van der Waals surface area (Å²) in [6.07, 6.45) is 0.856. The molecule has 1 amide bonds. The topological polar surface area (TPSA) is 47.6 Å². The molecular formula is C28H33NO3. The lowest BCUT2D eigenvalue weighted by molar-refractivity contribution is 0.102. The molecule has 3 aromatic carbocycles. The van der Waals surface area contributed by atoms with E-state index in [2.05, 4.69) is 32.2 Å². The molecule has 168 valence electrons. The molecule has 0 saturated carbocycles. The first kappa shape index (κ1) is 23.4. The van der Waals surface area contributed by atoms with E-state index in [0.29, 0.717) is 24.7 Å². The zero-order valence-corrected chi connectivity index (χ0v) is 19.7. The number of rotatable bonds is 9. The fourth-order valence-corrected chi connectivity index (χ4v) is 3.76. The highest BCUT2D eigenvalue weighted by Crippen LogP contribution is 2.29. The molecule has 0 fully saturated rings. The van der Waals surface area contributed by atoms with E-state index in [0.717, 1.165) is 45.9 Å². The van der Waals surface area contributed by atoms with Gasteiger partial charge in [0.1, 0.15) is 18.1 Å². The molecule has 0 heterocycles. The standard InChI is InChI=1S/C28H33NO3/c1-6-21-12-10-11-20(5)27(21)29-28(30)22-15-16-25(31-7-2)23(17-22)18-32-26-14-9-8-13-24(26)19(3)4/h8-17,19H,6-7,18H2,1-5H3,(H,29,30). The molecule has 0 unspecified atom stereocenters. The molecular weight excluding hydrogens is 398 g/mol. The summed E-state index contributed by atoms with van der Waals surface area (Å²) in [5.41, 5.74) is 5.65. The Balaban J connectivity index is 1.86. The summed E-state index contributed by atoms with van der Waals surface area (Å²) >= 11 is 0. The third-order valence-corrected chi connectivity index (χ3v) is 5.53. The van der Waals surface area contributed by atoms with Gasteiger partial charge >= 0.3 is 0 Å². The Morgan fingerprint density at radius 2 is 1.69 bits per heavy atom. The zero-order valence-electron chi connectivity index (χ0n) is 19.7. The Bertz CT molecular complexity index is 1070. The monoisotopic (exact) mass is 431 g/mol. The predicted octanol–water partition coefficient (Wildman–Crippen LogP) is 6.91. The number of carbonyl (C=O) groups is 1. The van der Waals surface area contributed by atoms with Gasteiger partial charge in [-0.25, -0.2) is 0 Å². The Hall–Kier alpha value is -3.27. The summed E-state index contributed by atoms with van der Waals surface area (Å²) in [5.74, 6) is 1.81. The van der Waals surface area contributed by atoms with Gasteiger partial charge in [-0.05, 0) is 67.1 Å². The average Bonchev–Trinajstić information content (AvgIpc) is 2.79. The lowest BCUT2D eigenvalue weighted by Crippen LogP contribution is -2.15. The number of carbonyl (C=O) groups excluding carboxylic acids is 1. The van der Waals surface area contributed by atoms with Gasteiger partial charge in [-0.1, -0.05) is 57.2 Å². The van der Waals surface area contributed by atoms with Crippen LogP contribution in [-0.2, 0) is 13.0 Å². The maximum Gasteiger partial charge on any atom is 0.255 e. The minimum absolute atomic E-state index is 0.138. The highest BCUT2D eigenvalue weighted by molar-refractivity contribution is 6.05. The number of amides is 1. The Morgan fingerprint density at radius 3 is 2.41 bits per heavy atom. The van der Waals surface area contributed by atoms with Crippen LogP contribution in [0, 0.1) is 6.92 Å². The number of benzene rings is 3. The third kappa shape index (κ3) is 5.50. The number of para-hydroxylation sites is 2. The summed E-state index contributed by atoms with van der Waals surface area (Å²) < 4.78 is 12.0. The molecule has 32 heavy (non-hydrogen) atoms. The predicted molar refractivity (Wildman–Crippen MR) is 131 cm³/mol. The molecule has 3 rings (SSSR count). The molecule has 0 atom stereocenters. The fraction of sp³-hybridized carbons (Fsp3) is 0.321. The van der Waals surface area contributed by atoms with Gasteiger partial charge in [0, 0.05) is 16.8 Å². The molecule has 0 spiro atoms. The number of anilines is 1. The van der Waals surface area contributed by atoms with E-state index in [1.54, 1.807) is 6.07 Å². The highest BCUT2D eigenvalue weighted by Gasteiger charge is 2.15. The number of nitrogens with one attached hydrogen (secondary N) is 1. The lowest BCUT2D eigenvalue weighted by atomic mass is 10.0. The molecule has 0 bridgehead atoms. The molecule has 0 saturated heterocycles. The lowest BCUT2D eigenvalue weighted by Gasteiger charge is -2.17. The van der Waals surface area contributed by atoms with Gasteiger partial charge < -0.3 is 14.8 Å². The number of hydrogen-bond acceptors (Lipinski definition) is 3. The Labute approximate surface area is 191 Å². The second-order valence-corrected chi connectivity index (χ2v) is 8.15. The second-order valence-electron chi connectivity index (χ2n) is 8.15. The summed E-state index contributed by atoms with van der Waals surface area (Å²) in [4.78, 5) is 13.1. The largest absolute Gasteiger partial charge is 0.493 e. The van der Waals surface area contributed by atoms with E-state index in [1.807, 2.05) is 62.4 Å². The quantitative estimate of drug-likeness (QED) is 0.400. The fourth-order valence-electron chi connectivity index (χ4n) is 3.76. The van der Waals surface area contributed by atoms with Crippen molar-refractivity contribution in [2.45, 2.75) is 53.6 Å². The first-order valence-electron chi connectivity index (χ1n) is 11.3. The van der Waals surface area contributed by atoms with Crippen molar-refractivity contribution in [1.82, 2.24) is 0 Å². The SMILES string of the molecule is CCOc1ccc(C(=O)Nc2c(C)cccc2CC)cc1COc1ccccc1C(C)C. The maximum atomic E-state index is 13.1. The number of aryl methyl sites for hydroxylation is 2. The summed E-state index contributed by atoms with van der Waals surface area (Å²) in [5, 5.41) is 3.10. The van der Waals surface area contributed by atoms with Crippen LogP contribution in [0.25, 0.3) is 0 Å². The van der Waals surface area contributed by atoms with Gasteiger partial charge in [0.15, 0.2) is 0 Å². The maximum absolute atomic E-state index is 13.1. The minimum Gasteiger partial charge on any atom is -0.493 e. The van der Waals surface area contributed by atoms with E-state index >= 15 is 0 Å². The van der Waals surface area contributed by atoms with Gasteiger partial charge in [-0.2, -0.15) is 0 Å².